The molecule has 5 saturated carbocycles. The monoisotopic (exact) mass is 569 g/mol. The van der Waals surface area contributed by atoms with Crippen molar-refractivity contribution in [1.82, 2.24) is 5.32 Å². The molecule has 5 aliphatic rings. The summed E-state index contributed by atoms with van der Waals surface area (Å²) in [5.41, 5.74) is -0.263. The highest BCUT2D eigenvalue weighted by molar-refractivity contribution is 7.86. The smallest absolute Gasteiger partial charge is 0.269 e. The van der Waals surface area contributed by atoms with Crippen LogP contribution < -0.4 is 5.32 Å². The molecule has 0 unspecified atom stereocenters. The summed E-state index contributed by atoms with van der Waals surface area (Å²) in [6, 6.07) is -0.541. The van der Waals surface area contributed by atoms with E-state index in [1.54, 1.807) is 0 Å². The van der Waals surface area contributed by atoms with Crippen molar-refractivity contribution in [2.75, 3.05) is 0 Å². The highest BCUT2D eigenvalue weighted by atomic mass is 32.2. The van der Waals surface area contributed by atoms with E-state index in [9.17, 15) is 33.1 Å². The molecule has 0 aliphatic heterocycles. The predicted octanol–water partition coefficient (Wildman–Crippen LogP) is 3.68. The van der Waals surface area contributed by atoms with E-state index in [0.29, 0.717) is 38.0 Å². The van der Waals surface area contributed by atoms with Gasteiger partial charge in [0.15, 0.2) is 0 Å². The second-order valence-corrected chi connectivity index (χ2v) is 16.2. The van der Waals surface area contributed by atoms with Crippen LogP contribution in [0.5, 0.6) is 0 Å². The van der Waals surface area contributed by atoms with E-state index in [1.165, 1.54) is 0 Å². The second kappa shape index (κ2) is 10.8. The minimum absolute atomic E-state index is 0.0479. The van der Waals surface area contributed by atoms with Crippen LogP contribution in [0.2, 0.25) is 0 Å². The average molecular weight is 570 g/mol. The fourth-order valence-electron chi connectivity index (χ4n) is 10.6. The zero-order chi connectivity index (χ0) is 28.3. The average Bonchev–Trinajstić information content (AvgIpc) is 3.22. The minimum Gasteiger partial charge on any atom is -0.393 e. The molecular formula is C30H51NO7S. The van der Waals surface area contributed by atoms with E-state index < -0.39 is 33.6 Å². The number of carbonyl (C=O) groups is 1. The summed E-state index contributed by atoms with van der Waals surface area (Å²) in [6.45, 7) is 6.73. The van der Waals surface area contributed by atoms with Crippen LogP contribution in [0, 0.1) is 46.3 Å². The van der Waals surface area contributed by atoms with Gasteiger partial charge in [0.1, 0.15) is 5.25 Å². The minimum atomic E-state index is -4.20. The molecule has 13 atom stereocenters. The summed E-state index contributed by atoms with van der Waals surface area (Å²) in [5.74, 6) is 1.25. The molecule has 5 N–H and O–H groups in total. The molecule has 39 heavy (non-hydrogen) atoms. The Kier molecular flexibility index (Phi) is 8.26. The third kappa shape index (κ3) is 5.21. The highest BCUT2D eigenvalue weighted by Crippen LogP contribution is 2.68. The van der Waals surface area contributed by atoms with Crippen LogP contribution in [-0.4, -0.2) is 63.8 Å². The number of rotatable bonds is 6. The largest absolute Gasteiger partial charge is 0.393 e. The van der Waals surface area contributed by atoms with Gasteiger partial charge in [0.05, 0.1) is 18.3 Å². The van der Waals surface area contributed by atoms with E-state index >= 15 is 0 Å². The topological polar surface area (TPSA) is 144 Å². The maximum atomic E-state index is 12.9. The van der Waals surface area contributed by atoms with Gasteiger partial charge in [-0.25, -0.2) is 0 Å². The first-order chi connectivity index (χ1) is 18.3. The summed E-state index contributed by atoms with van der Waals surface area (Å²) in [7, 11) is -4.20. The van der Waals surface area contributed by atoms with Gasteiger partial charge in [-0.1, -0.05) is 33.6 Å². The molecule has 0 bridgehead atoms. The van der Waals surface area contributed by atoms with Gasteiger partial charge in [-0.3, -0.25) is 9.35 Å². The number of nitrogens with one attached hydrogen (secondary N) is 1. The van der Waals surface area contributed by atoms with Gasteiger partial charge in [-0.15, -0.1) is 0 Å². The van der Waals surface area contributed by atoms with Gasteiger partial charge in [0.2, 0.25) is 5.91 Å². The lowest BCUT2D eigenvalue weighted by molar-refractivity contribution is -0.207. The predicted molar refractivity (Wildman–Crippen MR) is 148 cm³/mol. The van der Waals surface area contributed by atoms with Crippen LogP contribution in [-0.2, 0) is 14.9 Å². The second-order valence-electron chi connectivity index (χ2n) is 14.6. The third-order valence-electron chi connectivity index (χ3n) is 12.8. The van der Waals surface area contributed by atoms with Crippen LogP contribution in [0.25, 0.3) is 0 Å². The Morgan fingerprint density at radius 1 is 0.974 bits per heavy atom. The maximum Gasteiger partial charge on any atom is 0.269 e. The molecular weight excluding hydrogens is 518 g/mol. The van der Waals surface area contributed by atoms with Crippen molar-refractivity contribution in [1.29, 1.82) is 0 Å². The highest BCUT2D eigenvalue weighted by Gasteiger charge is 2.65. The number of aliphatic hydroxyl groups is 3. The van der Waals surface area contributed by atoms with Crippen LogP contribution in [0.4, 0.5) is 0 Å². The van der Waals surface area contributed by atoms with Crippen molar-refractivity contribution >= 4 is 16.0 Å². The number of aliphatic hydroxyl groups excluding tert-OH is 3. The first kappa shape index (κ1) is 29.7. The van der Waals surface area contributed by atoms with Gasteiger partial charge < -0.3 is 20.6 Å². The van der Waals surface area contributed by atoms with Crippen LogP contribution in [0.15, 0.2) is 0 Å². The molecule has 0 heterocycles. The summed E-state index contributed by atoms with van der Waals surface area (Å²) in [6.07, 6.45) is 8.20. The Labute approximate surface area is 234 Å². The lowest BCUT2D eigenvalue weighted by atomic mass is 9.43. The van der Waals surface area contributed by atoms with E-state index in [1.807, 2.05) is 0 Å². The molecule has 5 fully saturated rings. The molecule has 0 spiro atoms. The zero-order valence-electron chi connectivity index (χ0n) is 24.0. The molecule has 9 heteroatoms. The first-order valence-electron chi connectivity index (χ1n) is 15.6. The zero-order valence-corrected chi connectivity index (χ0v) is 24.8. The molecule has 8 nitrogen and oxygen atoms in total. The quantitative estimate of drug-likeness (QED) is 0.307. The Hall–Kier alpha value is -0.740. The van der Waals surface area contributed by atoms with Gasteiger partial charge in [-0.2, -0.15) is 8.42 Å². The molecule has 5 rings (SSSR count). The number of amides is 1. The van der Waals surface area contributed by atoms with Crippen LogP contribution in [0.3, 0.4) is 0 Å². The van der Waals surface area contributed by atoms with E-state index in [-0.39, 0.29) is 52.4 Å². The number of fused-ring (bicyclic) bond motifs is 5. The van der Waals surface area contributed by atoms with Crippen molar-refractivity contribution in [3.63, 3.8) is 0 Å². The summed E-state index contributed by atoms with van der Waals surface area (Å²) >= 11 is 0. The van der Waals surface area contributed by atoms with Crippen molar-refractivity contribution in [3.05, 3.63) is 0 Å². The van der Waals surface area contributed by atoms with Crippen LogP contribution in [0.1, 0.15) is 104 Å². The van der Waals surface area contributed by atoms with Gasteiger partial charge in [0, 0.05) is 12.5 Å². The first-order valence-corrected chi connectivity index (χ1v) is 17.1. The SMILES string of the molecule is C[C@H](CCC(=O)N[C@@H]1CCCC[C@@H]1S(=O)(=O)O)[C@H]1CC[C@H]2[C@@H]3[C@H](O)C[C@@H]4C[C@H](O)CC[C@]4(C)[C@H]3C[C@H](O)[C@]12C. The van der Waals surface area contributed by atoms with Crippen molar-refractivity contribution in [2.24, 2.45) is 46.3 Å². The Morgan fingerprint density at radius 3 is 2.41 bits per heavy atom. The molecule has 0 aromatic carbocycles. The van der Waals surface area contributed by atoms with Gasteiger partial charge in [-0.05, 0) is 111 Å². The molecule has 5 aliphatic carbocycles. The number of hydrogen-bond donors (Lipinski definition) is 5. The summed E-state index contributed by atoms with van der Waals surface area (Å²) < 4.78 is 33.2. The van der Waals surface area contributed by atoms with Gasteiger partial charge in [0.25, 0.3) is 10.1 Å². The van der Waals surface area contributed by atoms with E-state index in [4.69, 9.17) is 0 Å². The maximum absolute atomic E-state index is 12.9. The molecule has 0 saturated heterocycles. The molecule has 0 aromatic heterocycles. The van der Waals surface area contributed by atoms with Crippen molar-refractivity contribution in [2.45, 2.75) is 134 Å². The fourth-order valence-corrected chi connectivity index (χ4v) is 11.7. The molecule has 0 radical (unpaired) electrons. The number of hydrogen-bond acceptors (Lipinski definition) is 6. The molecule has 1 amide bonds. The van der Waals surface area contributed by atoms with Crippen molar-refractivity contribution in [3.8, 4) is 0 Å². The third-order valence-corrected chi connectivity index (χ3v) is 14.1. The van der Waals surface area contributed by atoms with Gasteiger partial charge >= 0.3 is 0 Å². The Balaban J connectivity index is 1.25. The Morgan fingerprint density at radius 2 is 1.69 bits per heavy atom. The summed E-state index contributed by atoms with van der Waals surface area (Å²) in [5, 5.41) is 35.5. The number of carbonyl (C=O) groups excluding carboxylic acids is 1. The lowest BCUT2D eigenvalue weighted by Crippen LogP contribution is -2.62. The lowest BCUT2D eigenvalue weighted by Gasteiger charge is -2.63. The van der Waals surface area contributed by atoms with E-state index in [2.05, 4.69) is 26.1 Å². The Bertz CT molecular complexity index is 1020. The molecule has 224 valence electrons. The van der Waals surface area contributed by atoms with E-state index in [0.717, 1.165) is 51.4 Å². The normalized spacial score (nSPS) is 48.9. The summed E-state index contributed by atoms with van der Waals surface area (Å²) in [4.78, 5) is 12.9. The van der Waals surface area contributed by atoms with Crippen molar-refractivity contribution < 1.29 is 33.1 Å². The molecule has 0 aromatic rings. The van der Waals surface area contributed by atoms with Crippen LogP contribution >= 0.6 is 0 Å². The fraction of sp³-hybridized carbons (Fsp3) is 0.967. The standard InChI is InChI=1S/C30H51NO7S/c1-17(8-11-27(35)31-23-6-4-5-7-25(23)39(36,37)38)20-9-10-21-28-22(16-26(34)30(20,21)3)29(2)13-12-19(32)14-18(29)15-24(28)33/h17-26,28,32-34H,4-16H2,1-3H3,(H,31,35)(H,36,37,38)/t17-,18+,19-,20-,21+,22+,23-,24-,25+,26+,28+,29+,30-/m1/s1.